The number of carbonyl (C=O) groups excluding carboxylic acids is 1. The van der Waals surface area contributed by atoms with Crippen molar-refractivity contribution >= 4 is 34.2 Å². The molecule has 0 saturated carbocycles. The van der Waals surface area contributed by atoms with Gasteiger partial charge >= 0.3 is 0 Å². The van der Waals surface area contributed by atoms with Gasteiger partial charge in [0.1, 0.15) is 5.58 Å². The first-order chi connectivity index (χ1) is 14.3. The molecule has 1 aliphatic rings. The topological polar surface area (TPSA) is 103 Å². The normalized spacial score (nSPS) is 15.6. The second kappa shape index (κ2) is 7.55. The number of rotatable bonds is 5. The van der Waals surface area contributed by atoms with Crippen LogP contribution in [0, 0.1) is 17.0 Å². The number of ether oxygens (including phenoxy) is 1. The zero-order valence-corrected chi connectivity index (χ0v) is 16.9. The third kappa shape index (κ3) is 3.14. The van der Waals surface area contributed by atoms with Gasteiger partial charge in [-0.25, -0.2) is 0 Å². The molecule has 4 rings (SSSR count). The summed E-state index contributed by atoms with van der Waals surface area (Å²) in [6.45, 7) is 2.18. The molecule has 0 N–H and O–H groups in total. The van der Waals surface area contributed by atoms with E-state index in [1.54, 1.807) is 19.1 Å². The van der Waals surface area contributed by atoms with Crippen molar-refractivity contribution in [1.29, 1.82) is 0 Å². The Morgan fingerprint density at radius 3 is 2.73 bits per heavy atom. The van der Waals surface area contributed by atoms with Crippen LogP contribution in [0.1, 0.15) is 33.3 Å². The van der Waals surface area contributed by atoms with Crippen molar-refractivity contribution in [3.63, 3.8) is 0 Å². The number of amides is 1. The van der Waals surface area contributed by atoms with Crippen molar-refractivity contribution in [3.05, 3.63) is 84.2 Å². The summed E-state index contributed by atoms with van der Waals surface area (Å²) in [6.07, 6.45) is 0. The summed E-state index contributed by atoms with van der Waals surface area (Å²) in [4.78, 5) is 38.7. The maximum Gasteiger partial charge on any atom is 0.290 e. The Balaban J connectivity index is 1.99. The van der Waals surface area contributed by atoms with Crippen LogP contribution in [-0.2, 0) is 4.74 Å². The highest BCUT2D eigenvalue weighted by Gasteiger charge is 2.42. The number of fused-ring (bicyclic) bond motifs is 2. The van der Waals surface area contributed by atoms with E-state index in [2.05, 4.69) is 0 Å². The van der Waals surface area contributed by atoms with Crippen LogP contribution in [-0.4, -0.2) is 36.0 Å². The Bertz CT molecular complexity index is 1250. The predicted octanol–water partition coefficient (Wildman–Crippen LogP) is 3.85. The van der Waals surface area contributed by atoms with E-state index in [0.717, 1.165) is 0 Å². The van der Waals surface area contributed by atoms with Gasteiger partial charge in [0, 0.05) is 30.8 Å². The molecule has 1 aromatic heterocycles. The Labute approximate surface area is 175 Å². The summed E-state index contributed by atoms with van der Waals surface area (Å²) >= 11 is 6.20. The number of non-ortho nitro benzene ring substituents is 1. The number of benzene rings is 2. The predicted molar refractivity (Wildman–Crippen MR) is 110 cm³/mol. The van der Waals surface area contributed by atoms with Crippen LogP contribution >= 0.6 is 11.6 Å². The number of hydrogen-bond acceptors (Lipinski definition) is 6. The maximum absolute atomic E-state index is 13.4. The van der Waals surface area contributed by atoms with E-state index < -0.39 is 22.3 Å². The molecule has 0 aliphatic carbocycles. The zero-order chi connectivity index (χ0) is 21.6. The molecule has 0 radical (unpaired) electrons. The van der Waals surface area contributed by atoms with Gasteiger partial charge in [0.25, 0.3) is 11.6 Å². The van der Waals surface area contributed by atoms with Crippen molar-refractivity contribution in [2.75, 3.05) is 20.3 Å². The van der Waals surface area contributed by atoms with Crippen LogP contribution in [0.15, 0.2) is 45.6 Å². The smallest absolute Gasteiger partial charge is 0.290 e. The van der Waals surface area contributed by atoms with E-state index in [1.165, 1.54) is 36.3 Å². The van der Waals surface area contributed by atoms with E-state index in [0.29, 0.717) is 16.1 Å². The maximum atomic E-state index is 13.4. The monoisotopic (exact) mass is 428 g/mol. The number of carbonyl (C=O) groups is 1. The molecule has 30 heavy (non-hydrogen) atoms. The minimum Gasteiger partial charge on any atom is -0.450 e. The number of aryl methyl sites for hydroxylation is 1. The molecule has 2 heterocycles. The quantitative estimate of drug-likeness (QED) is 0.451. The number of halogens is 1. The van der Waals surface area contributed by atoms with E-state index in [4.69, 9.17) is 20.8 Å². The van der Waals surface area contributed by atoms with Crippen LogP contribution in [0.3, 0.4) is 0 Å². The van der Waals surface area contributed by atoms with Crippen LogP contribution in [0.4, 0.5) is 5.69 Å². The molecule has 9 heteroatoms. The first-order valence-electron chi connectivity index (χ1n) is 9.14. The molecule has 154 valence electrons. The fourth-order valence-corrected chi connectivity index (χ4v) is 3.88. The van der Waals surface area contributed by atoms with Crippen molar-refractivity contribution in [2.24, 2.45) is 0 Å². The first kappa shape index (κ1) is 20.1. The lowest BCUT2D eigenvalue weighted by Crippen LogP contribution is -2.32. The third-order valence-electron chi connectivity index (χ3n) is 5.18. The molecule has 2 aromatic carbocycles. The minimum atomic E-state index is -0.830. The Kier molecular flexibility index (Phi) is 5.05. The highest BCUT2D eigenvalue weighted by molar-refractivity contribution is 6.32. The Morgan fingerprint density at radius 1 is 1.27 bits per heavy atom. The lowest BCUT2D eigenvalue weighted by atomic mass is 9.98. The lowest BCUT2D eigenvalue weighted by molar-refractivity contribution is -0.384. The lowest BCUT2D eigenvalue weighted by Gasteiger charge is -2.24. The summed E-state index contributed by atoms with van der Waals surface area (Å²) in [6, 6.07) is 8.19. The minimum absolute atomic E-state index is 0.0677. The molecular formula is C21H17ClN2O6. The van der Waals surface area contributed by atoms with Crippen molar-refractivity contribution in [2.45, 2.75) is 13.0 Å². The van der Waals surface area contributed by atoms with Gasteiger partial charge in [0.2, 0.25) is 5.76 Å². The number of nitro groups is 1. The molecule has 0 bridgehead atoms. The second-order valence-corrected chi connectivity index (χ2v) is 7.42. The van der Waals surface area contributed by atoms with Gasteiger partial charge in [-0.15, -0.1) is 0 Å². The fraction of sp³-hybridized carbons (Fsp3) is 0.238. The Hall–Kier alpha value is -3.23. The molecule has 8 nitrogen and oxygen atoms in total. The number of nitrogens with zero attached hydrogens (tertiary/aromatic N) is 2. The highest BCUT2D eigenvalue weighted by atomic mass is 35.5. The second-order valence-electron chi connectivity index (χ2n) is 7.02. The number of methoxy groups -OCH3 is 1. The van der Waals surface area contributed by atoms with Gasteiger partial charge in [0.15, 0.2) is 5.43 Å². The molecule has 3 aromatic rings. The van der Waals surface area contributed by atoms with Gasteiger partial charge in [-0.1, -0.05) is 23.7 Å². The van der Waals surface area contributed by atoms with Gasteiger partial charge < -0.3 is 14.1 Å². The summed E-state index contributed by atoms with van der Waals surface area (Å²) in [5.74, 6) is -0.535. The molecule has 1 atom stereocenters. The number of hydrogen-bond donors (Lipinski definition) is 0. The summed E-state index contributed by atoms with van der Waals surface area (Å²) < 4.78 is 11.0. The average Bonchev–Trinajstić information content (AvgIpc) is 3.00. The Morgan fingerprint density at radius 2 is 2.03 bits per heavy atom. The van der Waals surface area contributed by atoms with Crippen LogP contribution < -0.4 is 5.43 Å². The van der Waals surface area contributed by atoms with Crippen LogP contribution in [0.25, 0.3) is 11.0 Å². The van der Waals surface area contributed by atoms with E-state index in [1.807, 2.05) is 0 Å². The molecular weight excluding hydrogens is 412 g/mol. The van der Waals surface area contributed by atoms with Gasteiger partial charge in [-0.3, -0.25) is 19.7 Å². The standard InChI is InChI=1S/C21H17ClN2O6/c1-11-8-16-14(10-15(11)22)19(25)17-18(12-4-3-5-13(9-12)24(27)28)23(6-7-29-2)21(26)20(17)30-16/h3-5,8-10,18H,6-7H2,1-2H3. The third-order valence-corrected chi connectivity index (χ3v) is 5.59. The molecule has 0 saturated heterocycles. The highest BCUT2D eigenvalue weighted by Crippen LogP contribution is 2.39. The first-order valence-corrected chi connectivity index (χ1v) is 9.52. The SMILES string of the molecule is COCCN1C(=O)c2oc3cc(C)c(Cl)cc3c(=O)c2C1c1cccc([N+](=O)[O-])c1. The summed E-state index contributed by atoms with van der Waals surface area (Å²) in [7, 11) is 1.50. The molecule has 1 amide bonds. The largest absolute Gasteiger partial charge is 0.450 e. The summed E-state index contributed by atoms with van der Waals surface area (Å²) in [5.41, 5.74) is 1.03. The molecule has 0 spiro atoms. The molecule has 0 fully saturated rings. The van der Waals surface area contributed by atoms with Gasteiger partial charge in [-0.05, 0) is 30.2 Å². The fourth-order valence-electron chi connectivity index (χ4n) is 3.72. The van der Waals surface area contributed by atoms with Gasteiger partial charge in [-0.2, -0.15) is 0 Å². The zero-order valence-electron chi connectivity index (χ0n) is 16.2. The van der Waals surface area contributed by atoms with E-state index in [9.17, 15) is 19.7 Å². The van der Waals surface area contributed by atoms with E-state index in [-0.39, 0.29) is 41.1 Å². The van der Waals surface area contributed by atoms with Crippen molar-refractivity contribution in [3.8, 4) is 0 Å². The van der Waals surface area contributed by atoms with Crippen molar-refractivity contribution in [1.82, 2.24) is 4.90 Å². The van der Waals surface area contributed by atoms with Crippen LogP contribution in [0.2, 0.25) is 5.02 Å². The molecule has 1 aliphatic heterocycles. The average molecular weight is 429 g/mol. The van der Waals surface area contributed by atoms with Gasteiger partial charge in [0.05, 0.1) is 28.5 Å². The van der Waals surface area contributed by atoms with E-state index >= 15 is 0 Å². The summed E-state index contributed by atoms with van der Waals surface area (Å²) in [5, 5.41) is 11.9. The molecule has 1 unspecified atom stereocenters. The van der Waals surface area contributed by atoms with Crippen LogP contribution in [0.5, 0.6) is 0 Å². The van der Waals surface area contributed by atoms with Crippen molar-refractivity contribution < 1.29 is 18.9 Å². The number of nitro benzene ring substituents is 1.